The van der Waals surface area contributed by atoms with Gasteiger partial charge < -0.3 is 48.8 Å². The summed E-state index contributed by atoms with van der Waals surface area (Å²) in [6.45, 7) is -0.698. The Morgan fingerprint density at radius 2 is 1.06 bits per heavy atom. The summed E-state index contributed by atoms with van der Waals surface area (Å²) in [4.78, 5) is 75.8. The third-order valence-electron chi connectivity index (χ3n) is 5.62. The van der Waals surface area contributed by atoms with Gasteiger partial charge in [-0.25, -0.2) is 9.59 Å². The van der Waals surface area contributed by atoms with Gasteiger partial charge >= 0.3 is 53.4 Å². The molecule has 4 saturated heterocycles. The Labute approximate surface area is 188 Å². The topological polar surface area (TPSA) is 239 Å². The van der Waals surface area contributed by atoms with Crippen LogP contribution in [0.3, 0.4) is 0 Å². The van der Waals surface area contributed by atoms with Crippen LogP contribution >= 0.6 is 0 Å². The number of carbonyl (C=O) groups excluding carboxylic acids is 6. The number of hydrogen-bond donors (Lipinski definition) is 4. The first-order valence-corrected chi connectivity index (χ1v) is 9.84. The van der Waals surface area contributed by atoms with E-state index in [1.54, 1.807) is 0 Å². The van der Waals surface area contributed by atoms with E-state index in [-0.39, 0.29) is 0 Å². The van der Waals surface area contributed by atoms with Gasteiger partial charge in [0.15, 0.2) is 11.2 Å². The van der Waals surface area contributed by atoms with E-state index in [9.17, 15) is 49.2 Å². The summed E-state index contributed by atoms with van der Waals surface area (Å²) >= 11 is 0. The van der Waals surface area contributed by atoms with E-state index in [0.29, 0.717) is 0 Å². The number of esters is 6. The van der Waals surface area contributed by atoms with Crippen molar-refractivity contribution >= 4 is 35.8 Å². The van der Waals surface area contributed by atoms with Crippen molar-refractivity contribution in [2.75, 3.05) is 6.61 Å². The maximum absolute atomic E-state index is 12.8. The fourth-order valence-electron chi connectivity index (χ4n) is 4.07. The van der Waals surface area contributed by atoms with Gasteiger partial charge in [0.2, 0.25) is 0 Å². The van der Waals surface area contributed by atoms with Gasteiger partial charge in [0.05, 0.1) is 25.7 Å². The Bertz CT molecular complexity index is 988. The smallest absolute Gasteiger partial charge is 0.414 e. The van der Waals surface area contributed by atoms with Gasteiger partial charge in [-0.3, -0.25) is 19.2 Å². The van der Waals surface area contributed by atoms with Gasteiger partial charge in [0.1, 0.15) is 0 Å². The van der Waals surface area contributed by atoms with Crippen LogP contribution in [0.5, 0.6) is 0 Å². The summed E-state index contributed by atoms with van der Waals surface area (Å²) in [6, 6.07) is 0. The Morgan fingerprint density at radius 3 is 1.56 bits per heavy atom. The molecule has 4 heterocycles. The van der Waals surface area contributed by atoms with Crippen LogP contribution in [0.4, 0.5) is 0 Å². The van der Waals surface area contributed by atoms with E-state index < -0.39 is 110 Å². The number of aliphatic hydroxyl groups excluding tert-OH is 1. The molecular formula is C18H18O16. The van der Waals surface area contributed by atoms with Crippen LogP contribution in [0.25, 0.3) is 0 Å². The zero-order valence-electron chi connectivity index (χ0n) is 17.1. The van der Waals surface area contributed by atoms with Crippen LogP contribution in [0, 0.1) is 0 Å². The lowest BCUT2D eigenvalue weighted by Gasteiger charge is -2.50. The summed E-state index contributed by atoms with van der Waals surface area (Å²) < 4.78 is 29.8. The van der Waals surface area contributed by atoms with E-state index in [1.807, 2.05) is 0 Å². The van der Waals surface area contributed by atoms with Crippen LogP contribution in [-0.2, 0) is 57.2 Å². The molecule has 5 atom stereocenters. The van der Waals surface area contributed by atoms with Crippen LogP contribution in [0.1, 0.15) is 38.5 Å². The zero-order chi connectivity index (χ0) is 25.2. The minimum Gasteiger partial charge on any atom is -0.414 e. The third-order valence-corrected chi connectivity index (χ3v) is 5.62. The minimum absolute atomic E-state index is 0.461. The molecule has 4 aliphatic heterocycles. The molecule has 0 aromatic carbocycles. The first-order valence-electron chi connectivity index (χ1n) is 9.84. The lowest BCUT2D eigenvalue weighted by molar-refractivity contribution is -0.501. The molecule has 0 radical (unpaired) electrons. The molecule has 4 N–H and O–H groups in total. The van der Waals surface area contributed by atoms with Crippen LogP contribution < -0.4 is 0 Å². The Morgan fingerprint density at radius 1 is 0.618 bits per heavy atom. The number of carbonyl (C=O) groups is 6. The monoisotopic (exact) mass is 490 g/mol. The van der Waals surface area contributed by atoms with Gasteiger partial charge in [-0.05, 0) is 6.42 Å². The van der Waals surface area contributed by atoms with Crippen LogP contribution in [0.15, 0.2) is 0 Å². The Hall–Kier alpha value is -3.34. The lowest BCUT2D eigenvalue weighted by Crippen LogP contribution is -2.77. The molecule has 4 aliphatic rings. The van der Waals surface area contributed by atoms with Crippen molar-refractivity contribution in [3.63, 3.8) is 0 Å². The molecule has 34 heavy (non-hydrogen) atoms. The average Bonchev–Trinajstić information content (AvgIpc) is 2.80. The molecule has 4 bridgehead atoms. The van der Waals surface area contributed by atoms with Gasteiger partial charge in [-0.2, -0.15) is 0 Å². The molecule has 0 amide bonds. The first-order chi connectivity index (χ1) is 15.7. The van der Waals surface area contributed by atoms with Gasteiger partial charge in [-0.1, -0.05) is 0 Å². The van der Waals surface area contributed by atoms with E-state index in [0.717, 1.165) is 0 Å². The molecule has 4 rings (SSSR count). The van der Waals surface area contributed by atoms with Gasteiger partial charge in [-0.15, -0.1) is 0 Å². The highest BCUT2D eigenvalue weighted by Gasteiger charge is 2.84. The summed E-state index contributed by atoms with van der Waals surface area (Å²) in [5.41, 5.74) is -5.66. The zero-order valence-corrected chi connectivity index (χ0v) is 17.1. The van der Waals surface area contributed by atoms with Crippen molar-refractivity contribution in [1.82, 2.24) is 0 Å². The molecule has 16 nitrogen and oxygen atoms in total. The summed E-state index contributed by atoms with van der Waals surface area (Å²) in [5, 5.41) is 41.6. The summed E-state index contributed by atoms with van der Waals surface area (Å²) in [5.74, 6) is -20.7. The highest BCUT2D eigenvalue weighted by molar-refractivity contribution is 5.94. The molecule has 0 saturated carbocycles. The summed E-state index contributed by atoms with van der Waals surface area (Å²) in [7, 11) is 0. The fraction of sp³-hybridized carbons (Fsp3) is 0.667. The van der Waals surface area contributed by atoms with Crippen molar-refractivity contribution in [1.29, 1.82) is 0 Å². The molecular weight excluding hydrogens is 472 g/mol. The predicted octanol–water partition coefficient (Wildman–Crippen LogP) is -3.87. The van der Waals surface area contributed by atoms with E-state index in [4.69, 9.17) is 28.4 Å². The van der Waals surface area contributed by atoms with Crippen molar-refractivity contribution in [2.45, 2.75) is 67.3 Å². The maximum atomic E-state index is 12.8. The quantitative estimate of drug-likeness (QED) is 0.218. The third kappa shape index (κ3) is 3.29. The SMILES string of the molecule is O=C1CC2(O)CC(=O)OC3(OC(=O)CC4(O)CC(=O)OC3(CCCO)OC4=O)C(O)(O1)OC2=O. The Kier molecular flexibility index (Phi) is 5.13. The molecule has 186 valence electrons. The molecule has 0 aliphatic carbocycles. The predicted molar refractivity (Wildman–Crippen MR) is 91.7 cm³/mol. The van der Waals surface area contributed by atoms with Crippen LogP contribution in [-0.4, -0.2) is 91.6 Å². The highest BCUT2D eigenvalue weighted by atomic mass is 16.9. The average molecular weight is 490 g/mol. The second kappa shape index (κ2) is 7.33. The van der Waals surface area contributed by atoms with Gasteiger partial charge in [0.25, 0.3) is 0 Å². The molecule has 5 unspecified atom stereocenters. The Balaban J connectivity index is 2.03. The fourth-order valence-corrected chi connectivity index (χ4v) is 4.07. The van der Waals surface area contributed by atoms with Crippen molar-refractivity contribution in [3.8, 4) is 0 Å². The second-order valence-corrected chi connectivity index (χ2v) is 8.22. The molecule has 1 spiro atoms. The number of aliphatic hydroxyl groups is 4. The first kappa shape index (κ1) is 23.8. The van der Waals surface area contributed by atoms with Crippen molar-refractivity contribution in [2.24, 2.45) is 0 Å². The van der Waals surface area contributed by atoms with Crippen molar-refractivity contribution in [3.05, 3.63) is 0 Å². The maximum Gasteiger partial charge on any atom is 0.465 e. The number of ether oxygens (including phenoxy) is 6. The highest BCUT2D eigenvalue weighted by Crippen LogP contribution is 2.52. The number of hydrogen-bond acceptors (Lipinski definition) is 16. The van der Waals surface area contributed by atoms with Gasteiger partial charge in [0, 0.05) is 13.0 Å². The number of fused-ring (bicyclic) bond motifs is 8. The minimum atomic E-state index is -3.98. The lowest BCUT2D eigenvalue weighted by atomic mass is 9.92. The molecule has 16 heteroatoms. The van der Waals surface area contributed by atoms with E-state index in [1.165, 1.54) is 0 Å². The molecule has 4 fully saturated rings. The normalized spacial score (nSPS) is 42.0. The standard InChI is InChI=1S/C18H18O16/c19-3-1-2-16-17(30-9(21)5-14(26,12(24)33-16)4-8(20)29-16)18(28)32-11(23)7-15(27,13(25)34-18)6-10(22)31-17/h19,26-28H,1-7H2. The molecule has 0 aromatic rings. The van der Waals surface area contributed by atoms with E-state index >= 15 is 0 Å². The number of rotatable bonds is 3. The van der Waals surface area contributed by atoms with Crippen molar-refractivity contribution < 1.29 is 77.6 Å². The summed E-state index contributed by atoms with van der Waals surface area (Å²) in [6.07, 6.45) is -6.31. The van der Waals surface area contributed by atoms with Crippen LogP contribution in [0.2, 0.25) is 0 Å². The largest absolute Gasteiger partial charge is 0.465 e. The molecule has 0 aromatic heterocycles. The van der Waals surface area contributed by atoms with E-state index in [2.05, 4.69) is 0 Å². The second-order valence-electron chi connectivity index (χ2n) is 8.22.